The molecule has 1 aliphatic rings. The van der Waals surface area contributed by atoms with Gasteiger partial charge in [-0.15, -0.1) is 0 Å². The second-order valence-electron chi connectivity index (χ2n) is 4.11. The van der Waals surface area contributed by atoms with Crippen molar-refractivity contribution < 1.29 is 0 Å². The highest BCUT2D eigenvalue weighted by Gasteiger charge is 2.19. The molecule has 0 aromatic carbocycles. The van der Waals surface area contributed by atoms with E-state index in [1.807, 2.05) is 30.8 Å². The van der Waals surface area contributed by atoms with Crippen molar-refractivity contribution in [1.82, 2.24) is 9.97 Å². The molecule has 0 unspecified atom stereocenters. The molecule has 0 atom stereocenters. The third-order valence-electron chi connectivity index (χ3n) is 2.51. The number of anilines is 2. The molecule has 0 fully saturated rings. The monoisotopic (exact) mass is 238 g/mol. The van der Waals surface area contributed by atoms with Crippen LogP contribution in [0, 0.1) is 0 Å². The molecule has 5 heteroatoms. The lowest BCUT2D eigenvalue weighted by Gasteiger charge is -2.15. The molecule has 0 spiro atoms. The van der Waals surface area contributed by atoms with Crippen LogP contribution in [0.15, 0.2) is 0 Å². The van der Waals surface area contributed by atoms with Gasteiger partial charge >= 0.3 is 0 Å². The van der Waals surface area contributed by atoms with Crippen molar-refractivity contribution in [3.63, 3.8) is 0 Å². The van der Waals surface area contributed by atoms with E-state index in [4.69, 9.17) is 0 Å². The van der Waals surface area contributed by atoms with Crippen LogP contribution < -0.4 is 10.2 Å². The Hall–Kier alpha value is -0.970. The zero-order chi connectivity index (χ0) is 11.5. The van der Waals surface area contributed by atoms with E-state index in [2.05, 4.69) is 22.2 Å². The summed E-state index contributed by atoms with van der Waals surface area (Å²) in [7, 11) is 3.96. The standard InChI is InChI=1S/C11H18N4S/c1-4-5-12-10-8-6-16-7-9(8)13-11(14-10)15(2)3/h4-7H2,1-3H3,(H,12,13,14). The van der Waals surface area contributed by atoms with E-state index >= 15 is 0 Å². The summed E-state index contributed by atoms with van der Waals surface area (Å²) >= 11 is 1.91. The number of nitrogens with zero attached hydrogens (tertiary/aromatic N) is 3. The molecule has 0 saturated carbocycles. The van der Waals surface area contributed by atoms with Gasteiger partial charge in [-0.2, -0.15) is 16.7 Å². The molecule has 0 saturated heterocycles. The lowest BCUT2D eigenvalue weighted by Crippen LogP contribution is -2.16. The summed E-state index contributed by atoms with van der Waals surface area (Å²) in [6.45, 7) is 3.14. The van der Waals surface area contributed by atoms with Gasteiger partial charge in [0.1, 0.15) is 5.82 Å². The molecule has 1 aromatic heterocycles. The number of fused-ring (bicyclic) bond motifs is 1. The zero-order valence-electron chi connectivity index (χ0n) is 10.1. The summed E-state index contributed by atoms with van der Waals surface area (Å²) in [6.07, 6.45) is 1.11. The van der Waals surface area contributed by atoms with Gasteiger partial charge < -0.3 is 10.2 Å². The molecular formula is C11H18N4S. The van der Waals surface area contributed by atoms with Crippen LogP contribution >= 0.6 is 11.8 Å². The lowest BCUT2D eigenvalue weighted by molar-refractivity contribution is 0.930. The van der Waals surface area contributed by atoms with Gasteiger partial charge in [-0.05, 0) is 6.42 Å². The Morgan fingerprint density at radius 2 is 2.12 bits per heavy atom. The maximum atomic E-state index is 4.58. The summed E-state index contributed by atoms with van der Waals surface area (Å²) in [5.41, 5.74) is 2.49. The first-order chi connectivity index (χ1) is 7.72. The summed E-state index contributed by atoms with van der Waals surface area (Å²) in [4.78, 5) is 11.1. The van der Waals surface area contributed by atoms with Gasteiger partial charge in [-0.25, -0.2) is 4.98 Å². The molecule has 0 radical (unpaired) electrons. The van der Waals surface area contributed by atoms with Crippen molar-refractivity contribution in [2.45, 2.75) is 24.9 Å². The SMILES string of the molecule is CCCNc1nc(N(C)C)nc2c1CSC2. The van der Waals surface area contributed by atoms with Gasteiger partial charge in [-0.1, -0.05) is 6.92 Å². The minimum Gasteiger partial charge on any atom is -0.370 e. The number of nitrogens with one attached hydrogen (secondary N) is 1. The molecule has 0 amide bonds. The maximum absolute atomic E-state index is 4.58. The molecule has 1 aromatic rings. The van der Waals surface area contributed by atoms with Crippen molar-refractivity contribution in [1.29, 1.82) is 0 Å². The van der Waals surface area contributed by atoms with Crippen molar-refractivity contribution in [3.05, 3.63) is 11.3 Å². The average molecular weight is 238 g/mol. The van der Waals surface area contributed by atoms with Crippen LogP contribution in [0.5, 0.6) is 0 Å². The smallest absolute Gasteiger partial charge is 0.227 e. The van der Waals surface area contributed by atoms with Gasteiger partial charge in [-0.3, -0.25) is 0 Å². The van der Waals surface area contributed by atoms with Gasteiger partial charge in [0.2, 0.25) is 5.95 Å². The molecule has 1 aliphatic heterocycles. The molecule has 1 N–H and O–H groups in total. The first-order valence-electron chi connectivity index (χ1n) is 5.61. The number of hydrogen-bond donors (Lipinski definition) is 1. The molecule has 0 bridgehead atoms. The zero-order valence-corrected chi connectivity index (χ0v) is 10.9. The molecule has 16 heavy (non-hydrogen) atoms. The molecular weight excluding hydrogens is 220 g/mol. The van der Waals surface area contributed by atoms with Gasteiger partial charge in [0.25, 0.3) is 0 Å². The van der Waals surface area contributed by atoms with Crippen LogP contribution in [0.1, 0.15) is 24.6 Å². The highest BCUT2D eigenvalue weighted by Crippen LogP contribution is 2.33. The summed E-state index contributed by atoms with van der Waals surface area (Å²) in [6, 6.07) is 0. The Kier molecular flexibility index (Phi) is 3.53. The van der Waals surface area contributed by atoms with E-state index in [0.717, 1.165) is 36.2 Å². The van der Waals surface area contributed by atoms with Crippen molar-refractivity contribution >= 4 is 23.5 Å². The topological polar surface area (TPSA) is 41.1 Å². The third kappa shape index (κ3) is 2.24. The van der Waals surface area contributed by atoms with E-state index in [0.29, 0.717) is 0 Å². The van der Waals surface area contributed by atoms with E-state index in [1.165, 1.54) is 11.3 Å². The summed E-state index contributed by atoms with van der Waals surface area (Å²) in [5.74, 6) is 3.88. The first-order valence-corrected chi connectivity index (χ1v) is 6.76. The third-order valence-corrected chi connectivity index (χ3v) is 3.48. The average Bonchev–Trinajstić information content (AvgIpc) is 2.73. The van der Waals surface area contributed by atoms with E-state index in [9.17, 15) is 0 Å². The number of thioether (sulfide) groups is 1. The number of hydrogen-bond acceptors (Lipinski definition) is 5. The Morgan fingerprint density at radius 1 is 1.31 bits per heavy atom. The second-order valence-corrected chi connectivity index (χ2v) is 5.10. The van der Waals surface area contributed by atoms with Gasteiger partial charge in [0.15, 0.2) is 0 Å². The fraction of sp³-hybridized carbons (Fsp3) is 0.636. The fourth-order valence-electron chi connectivity index (χ4n) is 1.63. The minimum atomic E-state index is 0.805. The molecule has 2 heterocycles. The number of aromatic nitrogens is 2. The van der Waals surface area contributed by atoms with Crippen molar-refractivity contribution in [2.24, 2.45) is 0 Å². The Morgan fingerprint density at radius 3 is 2.81 bits per heavy atom. The van der Waals surface area contributed by atoms with Crippen molar-refractivity contribution in [3.8, 4) is 0 Å². The molecule has 2 rings (SSSR count). The van der Waals surface area contributed by atoms with E-state index in [-0.39, 0.29) is 0 Å². The Balaban J connectivity index is 2.33. The van der Waals surface area contributed by atoms with Crippen LogP contribution in [-0.2, 0) is 11.5 Å². The number of rotatable bonds is 4. The Labute approximate surface area is 101 Å². The normalized spacial score (nSPS) is 13.7. The summed E-state index contributed by atoms with van der Waals surface area (Å²) in [5, 5.41) is 3.40. The predicted molar refractivity (Wildman–Crippen MR) is 70.1 cm³/mol. The van der Waals surface area contributed by atoms with Crippen LogP contribution in [-0.4, -0.2) is 30.6 Å². The van der Waals surface area contributed by atoms with Gasteiger partial charge in [0, 0.05) is 37.7 Å². The largest absolute Gasteiger partial charge is 0.370 e. The van der Waals surface area contributed by atoms with Crippen LogP contribution in [0.4, 0.5) is 11.8 Å². The predicted octanol–water partition coefficient (Wildman–Crippen LogP) is 2.11. The summed E-state index contributed by atoms with van der Waals surface area (Å²) < 4.78 is 0. The van der Waals surface area contributed by atoms with E-state index < -0.39 is 0 Å². The highest BCUT2D eigenvalue weighted by atomic mass is 32.2. The second kappa shape index (κ2) is 4.91. The first kappa shape index (κ1) is 11.5. The van der Waals surface area contributed by atoms with Crippen molar-refractivity contribution in [2.75, 3.05) is 30.9 Å². The van der Waals surface area contributed by atoms with Crippen LogP contribution in [0.25, 0.3) is 0 Å². The van der Waals surface area contributed by atoms with Gasteiger partial charge in [0.05, 0.1) is 5.69 Å². The molecule has 4 nitrogen and oxygen atoms in total. The lowest BCUT2D eigenvalue weighted by atomic mass is 10.2. The minimum absolute atomic E-state index is 0.805. The van der Waals surface area contributed by atoms with Crippen LogP contribution in [0.2, 0.25) is 0 Å². The maximum Gasteiger partial charge on any atom is 0.227 e. The fourth-order valence-corrected chi connectivity index (χ4v) is 2.67. The van der Waals surface area contributed by atoms with E-state index in [1.54, 1.807) is 0 Å². The highest BCUT2D eigenvalue weighted by molar-refractivity contribution is 7.98. The van der Waals surface area contributed by atoms with Crippen LogP contribution in [0.3, 0.4) is 0 Å². The molecule has 88 valence electrons. The quantitative estimate of drug-likeness (QED) is 0.870. The molecule has 0 aliphatic carbocycles. The Bertz CT molecular complexity index is 378.